The maximum Gasteiger partial charge on any atom is 0.490 e. The molecule has 0 unspecified atom stereocenters. The summed E-state index contributed by atoms with van der Waals surface area (Å²) >= 11 is 0. The van der Waals surface area contributed by atoms with Gasteiger partial charge in [0.25, 0.3) is 0 Å². The maximum atomic E-state index is 10.6. The summed E-state index contributed by atoms with van der Waals surface area (Å²) in [7, 11) is 1.70. The molecule has 4 rings (SSSR count). The second-order valence-corrected chi connectivity index (χ2v) is 8.61. The van der Waals surface area contributed by atoms with Crippen LogP contribution in [0.4, 0.5) is 26.3 Å². The smallest absolute Gasteiger partial charge is 0.490 e. The number of carbonyl (C=O) groups is 2. The summed E-state index contributed by atoms with van der Waals surface area (Å²) < 4.78 is 81.0. The minimum Gasteiger partial charge on any atom is -0.497 e. The molecule has 3 atom stereocenters. The molecule has 40 heavy (non-hydrogen) atoms. The zero-order valence-electron chi connectivity index (χ0n) is 21.2. The van der Waals surface area contributed by atoms with Gasteiger partial charge >= 0.3 is 24.3 Å². The first kappa shape index (κ1) is 32.8. The number of hydrogen-bond acceptors (Lipinski definition) is 7. The second-order valence-electron chi connectivity index (χ2n) is 8.61. The Kier molecular flexibility index (Phi) is 12.1. The van der Waals surface area contributed by atoms with Gasteiger partial charge in [0.1, 0.15) is 5.75 Å². The summed E-state index contributed by atoms with van der Waals surface area (Å²) in [6.07, 6.45) is -4.02. The van der Waals surface area contributed by atoms with Crippen LogP contribution < -0.4 is 4.74 Å². The Balaban J connectivity index is 0.000000333. The molecule has 1 saturated carbocycles. The number of ether oxygens (including phenoxy) is 3. The molecule has 1 saturated heterocycles. The summed E-state index contributed by atoms with van der Waals surface area (Å²) in [5.41, 5.74) is 2.47. The van der Waals surface area contributed by atoms with Crippen molar-refractivity contribution >= 4 is 11.9 Å². The molecule has 1 aromatic carbocycles. The van der Waals surface area contributed by atoms with Gasteiger partial charge in [-0.3, -0.25) is 9.88 Å². The Bertz CT molecular complexity index is 1040. The minimum absolute atomic E-state index is 0.170. The Morgan fingerprint density at radius 1 is 0.950 bits per heavy atom. The topological polar surface area (TPSA) is 118 Å². The monoisotopic (exact) mass is 582 g/mol. The summed E-state index contributed by atoms with van der Waals surface area (Å²) in [5, 5.41) is 14.2. The van der Waals surface area contributed by atoms with E-state index in [-0.39, 0.29) is 12.2 Å². The third kappa shape index (κ3) is 10.6. The molecule has 2 aromatic rings. The van der Waals surface area contributed by atoms with Gasteiger partial charge in [0, 0.05) is 31.5 Å². The van der Waals surface area contributed by atoms with Gasteiger partial charge in [-0.05, 0) is 48.2 Å². The van der Waals surface area contributed by atoms with E-state index in [2.05, 4.69) is 22.0 Å². The fourth-order valence-electron chi connectivity index (χ4n) is 4.01. The zero-order valence-corrected chi connectivity index (χ0v) is 21.2. The number of carboxylic acids is 2. The average Bonchev–Trinajstić information content (AvgIpc) is 3.32. The van der Waals surface area contributed by atoms with Gasteiger partial charge in [-0.2, -0.15) is 26.3 Å². The molecule has 1 aliphatic heterocycles. The normalized spacial score (nSPS) is 20.7. The molecular formula is C25H28F6N2O7. The number of aromatic nitrogens is 1. The molecule has 2 heterocycles. The summed E-state index contributed by atoms with van der Waals surface area (Å²) in [6, 6.07) is 12.8. The van der Waals surface area contributed by atoms with Gasteiger partial charge < -0.3 is 24.4 Å². The lowest BCUT2D eigenvalue weighted by molar-refractivity contribution is -0.193. The molecule has 2 aliphatic rings. The molecule has 2 N–H and O–H groups in total. The highest BCUT2D eigenvalue weighted by molar-refractivity contribution is 5.73. The lowest BCUT2D eigenvalue weighted by Crippen LogP contribution is -2.51. The fraction of sp³-hybridized carbons (Fsp3) is 0.480. The van der Waals surface area contributed by atoms with Crippen molar-refractivity contribution in [3.8, 4) is 5.75 Å². The van der Waals surface area contributed by atoms with Crippen molar-refractivity contribution in [3.05, 3.63) is 59.9 Å². The summed E-state index contributed by atoms with van der Waals surface area (Å²) in [5.74, 6) is -4.61. The van der Waals surface area contributed by atoms with E-state index in [1.807, 2.05) is 36.7 Å². The van der Waals surface area contributed by atoms with Crippen LogP contribution in [0.3, 0.4) is 0 Å². The first-order valence-electron chi connectivity index (χ1n) is 11.8. The number of hydrogen-bond donors (Lipinski definition) is 2. The van der Waals surface area contributed by atoms with Gasteiger partial charge in [0.05, 0.1) is 32.5 Å². The predicted octanol–water partition coefficient (Wildman–Crippen LogP) is 4.31. The second kappa shape index (κ2) is 14.8. The summed E-state index contributed by atoms with van der Waals surface area (Å²) in [4.78, 5) is 24.4. The van der Waals surface area contributed by atoms with E-state index in [4.69, 9.17) is 34.0 Å². The Morgan fingerprint density at radius 3 is 2.00 bits per heavy atom. The molecule has 0 bridgehead atoms. The third-order valence-corrected chi connectivity index (χ3v) is 5.89. The van der Waals surface area contributed by atoms with Crippen molar-refractivity contribution < 1.29 is 60.4 Å². The number of halogens is 6. The quantitative estimate of drug-likeness (QED) is 0.481. The van der Waals surface area contributed by atoms with Crippen LogP contribution in [0.15, 0.2) is 48.8 Å². The van der Waals surface area contributed by atoms with Crippen LogP contribution in [-0.4, -0.2) is 82.9 Å². The number of fused-ring (bicyclic) bond motifs is 1. The van der Waals surface area contributed by atoms with Gasteiger partial charge in [-0.25, -0.2) is 9.59 Å². The van der Waals surface area contributed by atoms with Crippen molar-refractivity contribution in [1.82, 2.24) is 9.88 Å². The lowest BCUT2D eigenvalue weighted by atomic mass is 10.1. The SMILES string of the molecule is COc1ccc(CN2CCO[C@H]3[C@H](OCc4ccncc4)CC[C@@H]32)cc1.O=C(O)C(F)(F)F.O=C(O)C(F)(F)F. The number of benzene rings is 1. The highest BCUT2D eigenvalue weighted by Crippen LogP contribution is 2.33. The van der Waals surface area contributed by atoms with Crippen LogP contribution in [0.1, 0.15) is 24.0 Å². The Hall–Kier alpha value is -3.43. The van der Waals surface area contributed by atoms with E-state index in [0.29, 0.717) is 12.6 Å². The van der Waals surface area contributed by atoms with E-state index in [0.717, 1.165) is 43.9 Å². The average molecular weight is 582 g/mol. The first-order chi connectivity index (χ1) is 18.7. The predicted molar refractivity (Wildman–Crippen MR) is 126 cm³/mol. The minimum atomic E-state index is -5.08. The van der Waals surface area contributed by atoms with Crippen LogP contribution >= 0.6 is 0 Å². The van der Waals surface area contributed by atoms with Gasteiger partial charge in [0.2, 0.25) is 0 Å². The molecule has 0 amide bonds. The van der Waals surface area contributed by atoms with Gasteiger partial charge in [-0.15, -0.1) is 0 Å². The highest BCUT2D eigenvalue weighted by Gasteiger charge is 2.43. The Morgan fingerprint density at radius 2 is 1.50 bits per heavy atom. The van der Waals surface area contributed by atoms with Crippen molar-refractivity contribution in [1.29, 1.82) is 0 Å². The number of aliphatic carboxylic acids is 2. The molecule has 0 spiro atoms. The third-order valence-electron chi connectivity index (χ3n) is 5.89. The standard InChI is InChI=1S/C21H26N2O3.2C2HF3O2/c1-24-18-4-2-16(3-5-18)14-23-12-13-25-21-19(23)6-7-20(21)26-15-17-8-10-22-11-9-17;2*3-2(4,5)1(6)7/h2-5,8-11,19-21H,6-7,12-15H2,1H3;2*(H,6,7)/t19-,20+,21+;;/m0../s1. The van der Waals surface area contributed by atoms with Gasteiger partial charge in [-0.1, -0.05) is 12.1 Å². The number of nitrogens with zero attached hydrogens (tertiary/aromatic N) is 2. The number of methoxy groups -OCH3 is 1. The summed E-state index contributed by atoms with van der Waals surface area (Å²) in [6.45, 7) is 3.32. The largest absolute Gasteiger partial charge is 0.497 e. The number of alkyl halides is 6. The van der Waals surface area contributed by atoms with E-state index >= 15 is 0 Å². The van der Waals surface area contributed by atoms with Crippen molar-refractivity contribution in [3.63, 3.8) is 0 Å². The van der Waals surface area contributed by atoms with Crippen LogP contribution in [0, 0.1) is 0 Å². The van der Waals surface area contributed by atoms with E-state index < -0.39 is 24.3 Å². The van der Waals surface area contributed by atoms with Crippen LogP contribution in [0.5, 0.6) is 5.75 Å². The molecular weight excluding hydrogens is 554 g/mol. The molecule has 1 aromatic heterocycles. The lowest BCUT2D eigenvalue weighted by Gasteiger charge is -2.39. The van der Waals surface area contributed by atoms with Crippen LogP contribution in [0.25, 0.3) is 0 Å². The van der Waals surface area contributed by atoms with Crippen molar-refractivity contribution in [2.24, 2.45) is 0 Å². The number of rotatable bonds is 6. The van der Waals surface area contributed by atoms with Crippen LogP contribution in [-0.2, 0) is 32.2 Å². The van der Waals surface area contributed by atoms with Crippen LogP contribution in [0.2, 0.25) is 0 Å². The number of pyridine rings is 1. The molecule has 9 nitrogen and oxygen atoms in total. The van der Waals surface area contributed by atoms with E-state index in [1.165, 1.54) is 5.56 Å². The molecule has 222 valence electrons. The first-order valence-corrected chi connectivity index (χ1v) is 11.8. The molecule has 1 aliphatic carbocycles. The fourth-order valence-corrected chi connectivity index (χ4v) is 4.01. The van der Waals surface area contributed by atoms with Gasteiger partial charge in [0.15, 0.2) is 0 Å². The molecule has 15 heteroatoms. The van der Waals surface area contributed by atoms with Crippen molar-refractivity contribution in [2.75, 3.05) is 20.3 Å². The Labute approximate surface area is 225 Å². The molecule has 2 fully saturated rings. The number of morpholine rings is 1. The number of carboxylic acid groups (broad SMARTS) is 2. The highest BCUT2D eigenvalue weighted by atomic mass is 19.4. The zero-order chi connectivity index (χ0) is 29.9. The maximum absolute atomic E-state index is 10.6. The van der Waals surface area contributed by atoms with Crippen molar-refractivity contribution in [2.45, 2.75) is 56.6 Å². The van der Waals surface area contributed by atoms with E-state index in [1.54, 1.807) is 7.11 Å². The van der Waals surface area contributed by atoms with E-state index in [9.17, 15) is 26.3 Å². The molecule has 0 radical (unpaired) electrons.